The number of sulfonamides is 1. The van der Waals surface area contributed by atoms with Crippen LogP contribution in [0.1, 0.15) is 19.3 Å². The third-order valence-electron chi connectivity index (χ3n) is 4.70. The fraction of sp³-hybridized carbons (Fsp3) is 0.278. The van der Waals surface area contributed by atoms with Crippen molar-refractivity contribution in [3.63, 3.8) is 0 Å². The van der Waals surface area contributed by atoms with Crippen LogP contribution in [0.5, 0.6) is 0 Å². The lowest BCUT2D eigenvalue weighted by atomic mass is 9.86. The summed E-state index contributed by atoms with van der Waals surface area (Å²) in [6.45, 7) is 0.539. The van der Waals surface area contributed by atoms with Crippen molar-refractivity contribution in [1.82, 2.24) is 4.72 Å². The van der Waals surface area contributed by atoms with Crippen LogP contribution in [0.15, 0.2) is 46.3 Å². The van der Waals surface area contributed by atoms with Crippen LogP contribution in [0.25, 0.3) is 11.1 Å². The van der Waals surface area contributed by atoms with Crippen LogP contribution in [0.4, 0.5) is 14.5 Å². The van der Waals surface area contributed by atoms with Gasteiger partial charge in [0.15, 0.2) is 0 Å². The smallest absolute Gasteiger partial charge is 0.266 e. The van der Waals surface area contributed by atoms with E-state index >= 15 is 0 Å². The van der Waals surface area contributed by atoms with Gasteiger partial charge in [0, 0.05) is 18.2 Å². The molecule has 1 aliphatic heterocycles. The molecule has 0 bridgehead atoms. The Labute approximate surface area is 150 Å². The van der Waals surface area contributed by atoms with Crippen molar-refractivity contribution in [2.75, 3.05) is 11.9 Å². The molecule has 26 heavy (non-hydrogen) atoms. The second kappa shape index (κ2) is 6.35. The number of hydrogen-bond acceptors (Lipinski definition) is 3. The van der Waals surface area contributed by atoms with Crippen molar-refractivity contribution in [2.24, 2.45) is 10.9 Å². The summed E-state index contributed by atoms with van der Waals surface area (Å²) in [6.07, 6.45) is 3.36. The standard InChI is InChI=1S/C18H17F2N3O2S/c19-13-7-12(8-14(20)9-13)15-5-2-6-16-17(15)22-18(23-26(16,24)25)21-10-11-3-1-4-11/h2,5-9,11H,1,3-4,10H2,(H2,21,22,23). The van der Waals surface area contributed by atoms with Crippen LogP contribution in [0.3, 0.4) is 0 Å². The second-order valence-corrected chi connectivity index (χ2v) is 8.20. The van der Waals surface area contributed by atoms with Gasteiger partial charge >= 0.3 is 0 Å². The second-order valence-electron chi connectivity index (χ2n) is 6.55. The van der Waals surface area contributed by atoms with E-state index in [0.717, 1.165) is 18.9 Å². The first-order valence-electron chi connectivity index (χ1n) is 8.36. The van der Waals surface area contributed by atoms with Gasteiger partial charge in [-0.15, -0.1) is 0 Å². The number of aliphatic imine (C=N–C) groups is 1. The molecule has 0 unspecified atom stereocenters. The maximum atomic E-state index is 13.6. The molecule has 0 radical (unpaired) electrons. The number of guanidine groups is 1. The molecule has 1 aliphatic carbocycles. The van der Waals surface area contributed by atoms with Gasteiger partial charge < -0.3 is 5.32 Å². The first-order chi connectivity index (χ1) is 12.4. The highest BCUT2D eigenvalue weighted by Gasteiger charge is 2.29. The minimum atomic E-state index is -3.81. The molecular formula is C18H17F2N3O2S. The molecule has 1 fully saturated rings. The molecule has 2 aromatic rings. The summed E-state index contributed by atoms with van der Waals surface area (Å²) < 4.78 is 54.7. The van der Waals surface area contributed by atoms with Gasteiger partial charge in [0.05, 0.1) is 5.69 Å². The summed E-state index contributed by atoms with van der Waals surface area (Å²) in [4.78, 5) is 4.35. The van der Waals surface area contributed by atoms with E-state index in [1.165, 1.54) is 30.7 Å². The topological polar surface area (TPSA) is 70.6 Å². The van der Waals surface area contributed by atoms with Crippen molar-refractivity contribution in [2.45, 2.75) is 24.2 Å². The van der Waals surface area contributed by atoms with Crippen LogP contribution in [0, 0.1) is 17.6 Å². The number of fused-ring (bicyclic) bond motifs is 1. The maximum Gasteiger partial charge on any atom is 0.266 e. The molecule has 2 aliphatic rings. The summed E-state index contributed by atoms with van der Waals surface area (Å²) in [7, 11) is -3.81. The van der Waals surface area contributed by atoms with Crippen molar-refractivity contribution in [3.8, 4) is 11.1 Å². The van der Waals surface area contributed by atoms with Crippen LogP contribution in [0.2, 0.25) is 0 Å². The number of benzene rings is 2. The van der Waals surface area contributed by atoms with E-state index in [9.17, 15) is 17.2 Å². The minimum Gasteiger partial charge on any atom is -0.324 e. The number of rotatable bonds is 3. The van der Waals surface area contributed by atoms with Gasteiger partial charge in [-0.2, -0.15) is 0 Å². The molecule has 1 heterocycles. The van der Waals surface area contributed by atoms with Crippen molar-refractivity contribution in [3.05, 3.63) is 48.0 Å². The molecule has 2 aromatic carbocycles. The third-order valence-corrected chi connectivity index (χ3v) is 6.08. The van der Waals surface area contributed by atoms with Gasteiger partial charge in [0.1, 0.15) is 16.5 Å². The largest absolute Gasteiger partial charge is 0.324 e. The van der Waals surface area contributed by atoms with E-state index in [0.29, 0.717) is 18.0 Å². The molecule has 0 amide bonds. The van der Waals surface area contributed by atoms with E-state index in [-0.39, 0.29) is 22.1 Å². The molecular weight excluding hydrogens is 360 g/mol. The lowest BCUT2D eigenvalue weighted by molar-refractivity contribution is 0.326. The average molecular weight is 377 g/mol. The summed E-state index contributed by atoms with van der Waals surface area (Å²) in [5.41, 5.74) is 0.910. The zero-order valence-electron chi connectivity index (χ0n) is 13.8. The van der Waals surface area contributed by atoms with Crippen molar-refractivity contribution in [1.29, 1.82) is 0 Å². The third kappa shape index (κ3) is 3.16. The van der Waals surface area contributed by atoms with Gasteiger partial charge in [0.25, 0.3) is 10.0 Å². The first-order valence-corrected chi connectivity index (χ1v) is 9.84. The van der Waals surface area contributed by atoms with E-state index < -0.39 is 21.7 Å². The summed E-state index contributed by atoms with van der Waals surface area (Å²) in [5.74, 6) is -0.849. The van der Waals surface area contributed by atoms with E-state index in [4.69, 9.17) is 0 Å². The van der Waals surface area contributed by atoms with Gasteiger partial charge in [-0.3, -0.25) is 4.99 Å². The minimum absolute atomic E-state index is 0.0160. The average Bonchev–Trinajstić information content (AvgIpc) is 2.51. The summed E-state index contributed by atoms with van der Waals surface area (Å²) >= 11 is 0. The van der Waals surface area contributed by atoms with Gasteiger partial charge in [-0.05, 0) is 42.5 Å². The number of halogens is 2. The van der Waals surface area contributed by atoms with Crippen molar-refractivity contribution < 1.29 is 17.2 Å². The van der Waals surface area contributed by atoms with Crippen LogP contribution in [-0.2, 0) is 10.0 Å². The number of hydrogen-bond donors (Lipinski definition) is 2. The predicted octanol–water partition coefficient (Wildman–Crippen LogP) is 3.49. The Bertz CT molecular complexity index is 981. The van der Waals surface area contributed by atoms with Gasteiger partial charge in [-0.1, -0.05) is 18.6 Å². The SMILES string of the molecule is O=S1(=O)NC(=NCC2CCC2)Nc2c(-c3cc(F)cc(F)c3)cccc21. The fourth-order valence-corrected chi connectivity index (χ4v) is 4.30. The number of nitrogens with zero attached hydrogens (tertiary/aromatic N) is 1. The molecule has 0 saturated heterocycles. The Morgan fingerprint density at radius 2 is 1.85 bits per heavy atom. The quantitative estimate of drug-likeness (QED) is 0.860. The van der Waals surface area contributed by atoms with Gasteiger partial charge in [-0.25, -0.2) is 21.9 Å². The molecule has 0 atom stereocenters. The molecule has 136 valence electrons. The Morgan fingerprint density at radius 1 is 1.12 bits per heavy atom. The zero-order chi connectivity index (χ0) is 18.3. The lowest BCUT2D eigenvalue weighted by Crippen LogP contribution is -2.41. The highest BCUT2D eigenvalue weighted by atomic mass is 32.2. The number of para-hydroxylation sites is 1. The highest BCUT2D eigenvalue weighted by molar-refractivity contribution is 7.90. The lowest BCUT2D eigenvalue weighted by Gasteiger charge is -2.26. The molecule has 0 aromatic heterocycles. The Kier molecular flexibility index (Phi) is 4.14. The highest BCUT2D eigenvalue weighted by Crippen LogP contribution is 2.36. The number of anilines is 1. The predicted molar refractivity (Wildman–Crippen MR) is 95.4 cm³/mol. The normalized spacial score (nSPS) is 20.0. The van der Waals surface area contributed by atoms with E-state index in [1.807, 2.05) is 0 Å². The monoisotopic (exact) mass is 377 g/mol. The van der Waals surface area contributed by atoms with Crippen LogP contribution in [-0.4, -0.2) is 20.9 Å². The molecule has 0 spiro atoms. The Balaban J connectivity index is 1.78. The molecule has 1 saturated carbocycles. The molecule has 5 nitrogen and oxygen atoms in total. The summed E-state index contributed by atoms with van der Waals surface area (Å²) in [5, 5.41) is 2.98. The maximum absolute atomic E-state index is 13.6. The summed E-state index contributed by atoms with van der Waals surface area (Å²) in [6, 6.07) is 7.70. The van der Waals surface area contributed by atoms with Crippen molar-refractivity contribution >= 4 is 21.7 Å². The van der Waals surface area contributed by atoms with Crippen LogP contribution < -0.4 is 10.0 Å². The molecule has 4 rings (SSSR count). The Hall–Kier alpha value is -2.48. The fourth-order valence-electron chi connectivity index (χ4n) is 3.13. The zero-order valence-corrected chi connectivity index (χ0v) is 14.6. The Morgan fingerprint density at radius 3 is 2.50 bits per heavy atom. The molecule has 8 heteroatoms. The van der Waals surface area contributed by atoms with Crippen LogP contribution >= 0.6 is 0 Å². The van der Waals surface area contributed by atoms with E-state index in [2.05, 4.69) is 15.0 Å². The first kappa shape index (κ1) is 17.0. The number of nitrogens with one attached hydrogen (secondary N) is 2. The molecule has 2 N–H and O–H groups in total. The van der Waals surface area contributed by atoms with E-state index in [1.54, 1.807) is 6.07 Å². The van der Waals surface area contributed by atoms with Gasteiger partial charge in [0.2, 0.25) is 5.96 Å².